The van der Waals surface area contributed by atoms with E-state index in [0.29, 0.717) is 30.1 Å². The van der Waals surface area contributed by atoms with Crippen molar-refractivity contribution >= 4 is 52.4 Å². The summed E-state index contributed by atoms with van der Waals surface area (Å²) in [5, 5.41) is 10.7. The summed E-state index contributed by atoms with van der Waals surface area (Å²) in [6.07, 6.45) is -1.41. The standard InChI is InChI=1S/C28H32Cl3F3N4O3/c1-36(2)25(39)22-3-4-23(35-24(22)31)37-9-5-17(6-10-37)13-18-7-11-38(12-8-18)26(40)27(41,28(32,33)34)19-14-20(29)16-21(30)15-19/h3-4,14-18,41H,5-13H2,1-2H3. The summed E-state index contributed by atoms with van der Waals surface area (Å²) in [7, 11) is 3.30. The average molecular weight is 636 g/mol. The Morgan fingerprint density at radius 2 is 1.49 bits per heavy atom. The first-order valence-corrected chi connectivity index (χ1v) is 14.5. The Morgan fingerprint density at radius 3 is 1.98 bits per heavy atom. The highest BCUT2D eigenvalue weighted by molar-refractivity contribution is 6.34. The van der Waals surface area contributed by atoms with Gasteiger partial charge in [-0.15, -0.1) is 0 Å². The van der Waals surface area contributed by atoms with Gasteiger partial charge in [0.15, 0.2) is 0 Å². The van der Waals surface area contributed by atoms with Crippen molar-refractivity contribution in [1.29, 1.82) is 0 Å². The number of alkyl halides is 3. The van der Waals surface area contributed by atoms with Crippen LogP contribution in [0.15, 0.2) is 30.3 Å². The number of rotatable bonds is 6. The molecule has 2 amide bonds. The van der Waals surface area contributed by atoms with Gasteiger partial charge in [-0.2, -0.15) is 13.2 Å². The van der Waals surface area contributed by atoms with Crippen molar-refractivity contribution in [1.82, 2.24) is 14.8 Å². The van der Waals surface area contributed by atoms with Crippen LogP contribution in [-0.4, -0.2) is 78.2 Å². The minimum atomic E-state index is -5.26. The van der Waals surface area contributed by atoms with Crippen LogP contribution in [0.4, 0.5) is 19.0 Å². The van der Waals surface area contributed by atoms with Crippen molar-refractivity contribution in [2.75, 3.05) is 45.2 Å². The molecule has 1 atom stereocenters. The van der Waals surface area contributed by atoms with E-state index in [2.05, 4.69) is 9.88 Å². The number of carbonyl (C=O) groups excluding carboxylic acids is 2. The zero-order valence-corrected chi connectivity index (χ0v) is 25.0. The van der Waals surface area contributed by atoms with Crippen molar-refractivity contribution in [3.8, 4) is 0 Å². The van der Waals surface area contributed by atoms with Crippen LogP contribution in [0, 0.1) is 11.8 Å². The topological polar surface area (TPSA) is 77.0 Å². The Hall–Kier alpha value is -2.27. The van der Waals surface area contributed by atoms with Crippen LogP contribution >= 0.6 is 34.8 Å². The van der Waals surface area contributed by atoms with Gasteiger partial charge in [0.1, 0.15) is 11.0 Å². The number of pyridine rings is 1. The van der Waals surface area contributed by atoms with Crippen molar-refractivity contribution in [2.24, 2.45) is 11.8 Å². The highest BCUT2D eigenvalue weighted by atomic mass is 35.5. The zero-order valence-electron chi connectivity index (χ0n) is 22.7. The molecular weight excluding hydrogens is 604 g/mol. The summed E-state index contributed by atoms with van der Waals surface area (Å²) in [6.45, 7) is 1.78. The average Bonchev–Trinajstić information content (AvgIpc) is 2.91. The van der Waals surface area contributed by atoms with E-state index in [1.165, 1.54) is 11.0 Å². The second-order valence-corrected chi connectivity index (χ2v) is 12.2. The molecule has 2 fully saturated rings. The SMILES string of the molecule is CN(C)C(=O)c1ccc(N2CCC(CC3CCN(C(=O)C(O)(c4cc(Cl)cc(Cl)c4)C(F)(F)F)CC3)CC2)nc1Cl. The minimum Gasteiger partial charge on any atom is -0.368 e. The van der Waals surface area contributed by atoms with Gasteiger partial charge >= 0.3 is 6.18 Å². The number of benzene rings is 1. The fraction of sp³-hybridized carbons (Fsp3) is 0.536. The van der Waals surface area contributed by atoms with Crippen LogP contribution in [-0.2, 0) is 10.4 Å². The van der Waals surface area contributed by atoms with Gasteiger partial charge in [0, 0.05) is 55.9 Å². The molecule has 0 saturated carbocycles. The summed E-state index contributed by atoms with van der Waals surface area (Å²) >= 11 is 18.0. The van der Waals surface area contributed by atoms with Gasteiger partial charge in [0.2, 0.25) is 0 Å². The van der Waals surface area contributed by atoms with Crippen LogP contribution in [0.3, 0.4) is 0 Å². The largest absolute Gasteiger partial charge is 0.430 e. The van der Waals surface area contributed by atoms with Gasteiger partial charge in [0.25, 0.3) is 17.4 Å². The Morgan fingerprint density at radius 1 is 0.951 bits per heavy atom. The first-order valence-electron chi connectivity index (χ1n) is 13.4. The number of aliphatic hydroxyl groups is 1. The molecule has 0 aliphatic carbocycles. The highest BCUT2D eigenvalue weighted by Gasteiger charge is 2.62. The van der Waals surface area contributed by atoms with Crippen LogP contribution in [0.5, 0.6) is 0 Å². The molecule has 2 aliphatic heterocycles. The summed E-state index contributed by atoms with van der Waals surface area (Å²) in [5.74, 6) is -0.214. The van der Waals surface area contributed by atoms with Gasteiger partial charge in [-0.3, -0.25) is 9.59 Å². The lowest BCUT2D eigenvalue weighted by Crippen LogP contribution is -2.57. The predicted molar refractivity (Wildman–Crippen MR) is 153 cm³/mol. The Bertz CT molecular complexity index is 1260. The van der Waals surface area contributed by atoms with Gasteiger partial charge < -0.3 is 19.8 Å². The molecule has 0 bridgehead atoms. The molecule has 2 aliphatic rings. The fourth-order valence-corrected chi connectivity index (χ4v) is 6.40. The molecule has 1 N–H and O–H groups in total. The lowest BCUT2D eigenvalue weighted by atomic mass is 9.82. The Kier molecular flexibility index (Phi) is 9.68. The Balaban J connectivity index is 1.32. The van der Waals surface area contributed by atoms with E-state index in [0.717, 1.165) is 49.4 Å². The normalized spacial score (nSPS) is 18.8. The number of hydrogen-bond donors (Lipinski definition) is 1. The number of piperidine rings is 2. The monoisotopic (exact) mass is 634 g/mol. The highest BCUT2D eigenvalue weighted by Crippen LogP contribution is 2.43. The number of hydrogen-bond acceptors (Lipinski definition) is 5. The molecule has 0 spiro atoms. The molecule has 2 saturated heterocycles. The molecule has 3 heterocycles. The summed E-state index contributed by atoms with van der Waals surface area (Å²) in [5.41, 5.74) is -4.09. The molecular formula is C28H32Cl3F3N4O3. The molecule has 2 aromatic rings. The first kappa shape index (κ1) is 31.7. The second kappa shape index (κ2) is 12.5. The predicted octanol–water partition coefficient (Wildman–Crippen LogP) is 6.04. The van der Waals surface area contributed by atoms with Crippen molar-refractivity contribution < 1.29 is 27.9 Å². The number of halogens is 6. The van der Waals surface area contributed by atoms with Crippen molar-refractivity contribution in [3.05, 3.63) is 56.7 Å². The van der Waals surface area contributed by atoms with E-state index in [-0.39, 0.29) is 40.1 Å². The summed E-state index contributed by atoms with van der Waals surface area (Å²) in [6, 6.07) is 6.56. The minimum absolute atomic E-state index is 0.108. The number of amides is 2. The molecule has 224 valence electrons. The number of aromatic nitrogens is 1. The summed E-state index contributed by atoms with van der Waals surface area (Å²) in [4.78, 5) is 34.4. The Labute approximate surface area is 252 Å². The van der Waals surface area contributed by atoms with E-state index in [1.807, 2.05) is 0 Å². The van der Waals surface area contributed by atoms with E-state index in [9.17, 15) is 27.9 Å². The van der Waals surface area contributed by atoms with Crippen LogP contribution < -0.4 is 4.90 Å². The second-order valence-electron chi connectivity index (χ2n) is 11.0. The van der Waals surface area contributed by atoms with Gasteiger partial charge in [-0.25, -0.2) is 4.98 Å². The fourth-order valence-electron chi connectivity index (χ4n) is 5.64. The van der Waals surface area contributed by atoms with Gasteiger partial charge in [0.05, 0.1) is 5.56 Å². The lowest BCUT2D eigenvalue weighted by molar-refractivity contribution is -0.262. The lowest BCUT2D eigenvalue weighted by Gasteiger charge is -2.40. The number of anilines is 1. The molecule has 4 rings (SSSR count). The van der Waals surface area contributed by atoms with Crippen LogP contribution in [0.25, 0.3) is 0 Å². The van der Waals surface area contributed by atoms with Crippen molar-refractivity contribution in [2.45, 2.75) is 43.9 Å². The van der Waals surface area contributed by atoms with E-state index < -0.39 is 23.2 Å². The summed E-state index contributed by atoms with van der Waals surface area (Å²) < 4.78 is 42.3. The number of likely N-dealkylation sites (tertiary alicyclic amines) is 1. The third-order valence-corrected chi connectivity index (χ3v) is 8.70. The van der Waals surface area contributed by atoms with E-state index in [4.69, 9.17) is 34.8 Å². The molecule has 1 unspecified atom stereocenters. The smallest absolute Gasteiger partial charge is 0.368 e. The quantitative estimate of drug-likeness (QED) is 0.392. The molecule has 41 heavy (non-hydrogen) atoms. The van der Waals surface area contributed by atoms with E-state index >= 15 is 0 Å². The van der Waals surface area contributed by atoms with Gasteiger partial charge in [-0.1, -0.05) is 34.8 Å². The number of carbonyl (C=O) groups is 2. The maximum absolute atomic E-state index is 14.1. The molecule has 7 nitrogen and oxygen atoms in total. The van der Waals surface area contributed by atoms with Crippen LogP contribution in [0.1, 0.15) is 48.0 Å². The zero-order chi connectivity index (χ0) is 30.1. The van der Waals surface area contributed by atoms with Gasteiger partial charge in [-0.05, 0) is 74.3 Å². The maximum atomic E-state index is 14.1. The van der Waals surface area contributed by atoms with E-state index in [1.54, 1.807) is 26.2 Å². The molecule has 13 heteroatoms. The molecule has 1 aromatic carbocycles. The number of nitrogens with zero attached hydrogens (tertiary/aromatic N) is 4. The van der Waals surface area contributed by atoms with Crippen LogP contribution in [0.2, 0.25) is 15.2 Å². The third-order valence-electron chi connectivity index (χ3n) is 7.98. The molecule has 0 radical (unpaired) electrons. The molecule has 1 aromatic heterocycles. The van der Waals surface area contributed by atoms with Crippen molar-refractivity contribution in [3.63, 3.8) is 0 Å². The third kappa shape index (κ3) is 6.87. The first-order chi connectivity index (χ1) is 19.2. The maximum Gasteiger partial charge on any atom is 0.430 e.